The predicted molar refractivity (Wildman–Crippen MR) is 87.4 cm³/mol. The third-order valence-corrected chi connectivity index (χ3v) is 4.39. The first-order valence-electron chi connectivity index (χ1n) is 8.59. The van der Waals surface area contributed by atoms with E-state index in [4.69, 9.17) is 9.84 Å². The Hall–Kier alpha value is -1.63. The summed E-state index contributed by atoms with van der Waals surface area (Å²) < 4.78 is 5.42. The molecule has 0 aromatic rings. The number of morpholine rings is 1. The largest absolute Gasteiger partial charge is 0.481 e. The molecule has 2 unspecified atom stereocenters. The van der Waals surface area contributed by atoms with Gasteiger partial charge in [-0.3, -0.25) is 14.4 Å². The van der Waals surface area contributed by atoms with Gasteiger partial charge in [0, 0.05) is 26.1 Å². The first-order valence-corrected chi connectivity index (χ1v) is 8.59. The van der Waals surface area contributed by atoms with Crippen LogP contribution in [-0.4, -0.2) is 71.1 Å². The Morgan fingerprint density at radius 3 is 2.54 bits per heavy atom. The molecule has 7 nitrogen and oxygen atoms in total. The van der Waals surface area contributed by atoms with Crippen molar-refractivity contribution in [3.63, 3.8) is 0 Å². The molecule has 0 aliphatic carbocycles. The van der Waals surface area contributed by atoms with E-state index >= 15 is 0 Å². The van der Waals surface area contributed by atoms with Crippen molar-refractivity contribution < 1.29 is 24.2 Å². The van der Waals surface area contributed by atoms with Gasteiger partial charge in [0.2, 0.25) is 11.8 Å². The molecule has 2 aliphatic heterocycles. The van der Waals surface area contributed by atoms with Gasteiger partial charge in [-0.25, -0.2) is 0 Å². The van der Waals surface area contributed by atoms with Crippen molar-refractivity contribution in [3.8, 4) is 0 Å². The van der Waals surface area contributed by atoms with E-state index in [0.29, 0.717) is 32.5 Å². The molecule has 24 heavy (non-hydrogen) atoms. The Kier molecular flexibility index (Phi) is 5.85. The Morgan fingerprint density at radius 2 is 1.92 bits per heavy atom. The summed E-state index contributed by atoms with van der Waals surface area (Å²) in [6, 6.07) is -0.413. The van der Waals surface area contributed by atoms with Crippen molar-refractivity contribution >= 4 is 17.8 Å². The van der Waals surface area contributed by atoms with Crippen molar-refractivity contribution in [1.29, 1.82) is 0 Å². The molecule has 7 heteroatoms. The van der Waals surface area contributed by atoms with Crippen LogP contribution in [0, 0.1) is 5.41 Å². The number of nitrogens with zero attached hydrogens (tertiary/aromatic N) is 2. The summed E-state index contributed by atoms with van der Waals surface area (Å²) in [6.45, 7) is 7.72. The van der Waals surface area contributed by atoms with Gasteiger partial charge in [0.15, 0.2) is 0 Å². The standard InChI is InChI=1S/C17H28N2O5/c1-17(2,3)10-14(20)19-6-4-5-13(19)16(23)18-7-8-24-12(11-18)9-15(21)22/h12-13H,4-11H2,1-3H3,(H,21,22). The van der Waals surface area contributed by atoms with Gasteiger partial charge in [0.1, 0.15) is 6.04 Å². The molecule has 2 heterocycles. The molecule has 1 N–H and O–H groups in total. The van der Waals surface area contributed by atoms with Crippen LogP contribution in [-0.2, 0) is 19.1 Å². The van der Waals surface area contributed by atoms with E-state index in [2.05, 4.69) is 0 Å². The minimum absolute atomic E-state index is 0.0219. The highest BCUT2D eigenvalue weighted by atomic mass is 16.5. The van der Waals surface area contributed by atoms with Gasteiger partial charge in [0.25, 0.3) is 0 Å². The van der Waals surface area contributed by atoms with Crippen LogP contribution in [0.3, 0.4) is 0 Å². The summed E-state index contributed by atoms with van der Waals surface area (Å²) in [6.07, 6.45) is 1.34. The van der Waals surface area contributed by atoms with Gasteiger partial charge >= 0.3 is 5.97 Å². The molecule has 0 aromatic carbocycles. The van der Waals surface area contributed by atoms with Crippen LogP contribution in [0.5, 0.6) is 0 Å². The Balaban J connectivity index is 1.99. The zero-order valence-electron chi connectivity index (χ0n) is 14.8. The Bertz CT molecular complexity index is 500. The average molecular weight is 340 g/mol. The van der Waals surface area contributed by atoms with Crippen LogP contribution in [0.1, 0.15) is 46.5 Å². The second-order valence-electron chi connectivity index (χ2n) is 7.86. The maximum absolute atomic E-state index is 12.8. The van der Waals surface area contributed by atoms with E-state index in [9.17, 15) is 14.4 Å². The smallest absolute Gasteiger partial charge is 0.306 e. The summed E-state index contributed by atoms with van der Waals surface area (Å²) in [5, 5.41) is 8.89. The normalized spacial score (nSPS) is 25.0. The van der Waals surface area contributed by atoms with Crippen LogP contribution in [0.15, 0.2) is 0 Å². The molecule has 2 fully saturated rings. The third kappa shape index (κ3) is 4.93. The SMILES string of the molecule is CC(C)(C)CC(=O)N1CCCC1C(=O)N1CCOC(CC(=O)O)C1. The summed E-state index contributed by atoms with van der Waals surface area (Å²) >= 11 is 0. The first-order chi connectivity index (χ1) is 11.2. The third-order valence-electron chi connectivity index (χ3n) is 4.39. The molecule has 0 radical (unpaired) electrons. The number of hydrogen-bond acceptors (Lipinski definition) is 4. The number of carboxylic acid groups (broad SMARTS) is 1. The van der Waals surface area contributed by atoms with Crippen molar-refractivity contribution in [1.82, 2.24) is 9.80 Å². The van der Waals surface area contributed by atoms with Crippen molar-refractivity contribution in [2.24, 2.45) is 5.41 Å². The fourth-order valence-corrected chi connectivity index (χ4v) is 3.33. The Labute approximate surface area is 142 Å². The highest BCUT2D eigenvalue weighted by Gasteiger charge is 2.38. The van der Waals surface area contributed by atoms with E-state index in [-0.39, 0.29) is 30.2 Å². The lowest BCUT2D eigenvalue weighted by atomic mass is 9.91. The van der Waals surface area contributed by atoms with Crippen LogP contribution < -0.4 is 0 Å². The number of amides is 2. The number of likely N-dealkylation sites (tertiary alicyclic amines) is 1. The van der Waals surface area contributed by atoms with Crippen LogP contribution >= 0.6 is 0 Å². The van der Waals surface area contributed by atoms with E-state index in [1.807, 2.05) is 20.8 Å². The number of carbonyl (C=O) groups excluding carboxylic acids is 2. The molecule has 136 valence electrons. The summed E-state index contributed by atoms with van der Waals surface area (Å²) in [4.78, 5) is 39.6. The average Bonchev–Trinajstić information content (AvgIpc) is 2.93. The van der Waals surface area contributed by atoms with Gasteiger partial charge in [0.05, 0.1) is 19.1 Å². The lowest BCUT2D eigenvalue weighted by molar-refractivity contribution is -0.152. The lowest BCUT2D eigenvalue weighted by Gasteiger charge is -2.36. The van der Waals surface area contributed by atoms with Crippen molar-refractivity contribution in [2.45, 2.75) is 58.6 Å². The monoisotopic (exact) mass is 340 g/mol. The van der Waals surface area contributed by atoms with Gasteiger partial charge in [-0.2, -0.15) is 0 Å². The molecule has 0 aromatic heterocycles. The minimum Gasteiger partial charge on any atom is -0.481 e. The van der Waals surface area contributed by atoms with E-state index < -0.39 is 18.1 Å². The molecule has 2 saturated heterocycles. The summed E-state index contributed by atoms with van der Waals surface area (Å²) in [7, 11) is 0. The van der Waals surface area contributed by atoms with Crippen LogP contribution in [0.4, 0.5) is 0 Å². The zero-order chi connectivity index (χ0) is 17.9. The molecular formula is C17H28N2O5. The van der Waals surface area contributed by atoms with Crippen molar-refractivity contribution in [3.05, 3.63) is 0 Å². The Morgan fingerprint density at radius 1 is 1.21 bits per heavy atom. The maximum atomic E-state index is 12.8. The van der Waals surface area contributed by atoms with Gasteiger partial charge in [-0.1, -0.05) is 20.8 Å². The quantitative estimate of drug-likeness (QED) is 0.828. The fraction of sp³-hybridized carbons (Fsp3) is 0.824. The highest BCUT2D eigenvalue weighted by molar-refractivity contribution is 5.88. The second kappa shape index (κ2) is 7.51. The first kappa shape index (κ1) is 18.7. The number of aliphatic carboxylic acids is 1. The maximum Gasteiger partial charge on any atom is 0.306 e. The summed E-state index contributed by atoms with van der Waals surface area (Å²) in [5.41, 5.74) is -0.112. The minimum atomic E-state index is -0.933. The van der Waals surface area contributed by atoms with Crippen molar-refractivity contribution in [2.75, 3.05) is 26.2 Å². The van der Waals surface area contributed by atoms with E-state index in [1.165, 1.54) is 0 Å². The molecule has 2 rings (SSSR count). The van der Waals surface area contributed by atoms with Gasteiger partial charge in [-0.15, -0.1) is 0 Å². The predicted octanol–water partition coefficient (Wildman–Crippen LogP) is 1.12. The number of ether oxygens (including phenoxy) is 1. The molecule has 2 aliphatic rings. The van der Waals surface area contributed by atoms with E-state index in [0.717, 1.165) is 6.42 Å². The van der Waals surface area contributed by atoms with E-state index in [1.54, 1.807) is 9.80 Å². The molecule has 0 saturated carbocycles. The zero-order valence-corrected chi connectivity index (χ0v) is 14.8. The topological polar surface area (TPSA) is 87.2 Å². The molecule has 2 amide bonds. The van der Waals surface area contributed by atoms with Crippen LogP contribution in [0.2, 0.25) is 0 Å². The molecule has 2 atom stereocenters. The summed E-state index contributed by atoms with van der Waals surface area (Å²) in [5.74, 6) is -0.987. The molecular weight excluding hydrogens is 312 g/mol. The number of hydrogen-bond donors (Lipinski definition) is 1. The lowest BCUT2D eigenvalue weighted by Crippen LogP contribution is -2.53. The number of rotatable bonds is 4. The van der Waals surface area contributed by atoms with Crippen LogP contribution in [0.25, 0.3) is 0 Å². The van der Waals surface area contributed by atoms with Gasteiger partial charge < -0.3 is 19.6 Å². The fourth-order valence-electron chi connectivity index (χ4n) is 3.33. The second-order valence-corrected chi connectivity index (χ2v) is 7.86. The number of carbonyl (C=O) groups is 3. The molecule has 0 spiro atoms. The molecule has 0 bridgehead atoms. The van der Waals surface area contributed by atoms with Gasteiger partial charge in [-0.05, 0) is 18.3 Å². The number of carboxylic acids is 1. The highest BCUT2D eigenvalue weighted by Crippen LogP contribution is 2.26.